The molecule has 1 aliphatic heterocycles. The third-order valence-electron chi connectivity index (χ3n) is 6.71. The number of furan rings is 1. The molecule has 36 heavy (non-hydrogen) atoms. The highest BCUT2D eigenvalue weighted by Gasteiger charge is 2.37. The first-order chi connectivity index (χ1) is 17.6. The van der Waals surface area contributed by atoms with Crippen molar-refractivity contribution in [1.82, 2.24) is 25.2 Å². The first kappa shape index (κ1) is 21.8. The first-order valence-corrected chi connectivity index (χ1v) is 11.7. The Bertz CT molecular complexity index is 1600. The molecule has 0 saturated heterocycles. The van der Waals surface area contributed by atoms with E-state index in [1.165, 1.54) is 6.26 Å². The van der Waals surface area contributed by atoms with Gasteiger partial charge >= 0.3 is 0 Å². The Labute approximate surface area is 206 Å². The zero-order chi connectivity index (χ0) is 24.6. The number of carbonyl (C=O) groups is 2. The van der Waals surface area contributed by atoms with Gasteiger partial charge in [0.15, 0.2) is 0 Å². The van der Waals surface area contributed by atoms with E-state index in [0.717, 1.165) is 38.9 Å². The number of hydrogen-bond acceptors (Lipinski definition) is 6. The Morgan fingerprint density at radius 3 is 2.81 bits per heavy atom. The number of nitrogens with zero attached hydrogens (tertiary/aromatic N) is 3. The number of fused-ring (bicyclic) bond motifs is 4. The second kappa shape index (κ2) is 8.84. The minimum absolute atomic E-state index is 0.195. The molecule has 3 aromatic heterocycles. The van der Waals surface area contributed by atoms with Crippen molar-refractivity contribution < 1.29 is 14.0 Å². The van der Waals surface area contributed by atoms with Crippen LogP contribution in [0.5, 0.6) is 0 Å². The average Bonchev–Trinajstić information content (AvgIpc) is 3.54. The van der Waals surface area contributed by atoms with Crippen molar-refractivity contribution in [3.8, 4) is 0 Å². The summed E-state index contributed by atoms with van der Waals surface area (Å²) in [6.07, 6.45) is 5.24. The van der Waals surface area contributed by atoms with Gasteiger partial charge in [0.2, 0.25) is 5.91 Å². The lowest BCUT2D eigenvalue weighted by Crippen LogP contribution is -2.52. The number of para-hydroxylation sites is 1. The van der Waals surface area contributed by atoms with Gasteiger partial charge in [0.1, 0.15) is 11.8 Å². The summed E-state index contributed by atoms with van der Waals surface area (Å²) in [5.41, 5.74) is 5.87. The van der Waals surface area contributed by atoms with E-state index in [1.54, 1.807) is 30.4 Å². The second-order valence-corrected chi connectivity index (χ2v) is 8.77. The molecule has 4 heterocycles. The topological polar surface area (TPSA) is 116 Å². The lowest BCUT2D eigenvalue weighted by Gasteiger charge is -2.34. The molecular weight excluding hydrogens is 456 g/mol. The maximum Gasteiger partial charge on any atom is 0.258 e. The van der Waals surface area contributed by atoms with Crippen molar-refractivity contribution in [3.05, 3.63) is 89.8 Å². The van der Waals surface area contributed by atoms with Crippen LogP contribution in [0, 0.1) is 0 Å². The van der Waals surface area contributed by atoms with Gasteiger partial charge in [0.05, 0.1) is 35.9 Å². The fourth-order valence-electron chi connectivity index (χ4n) is 4.90. The standard InChI is InChI=1S/C27H24N6O3/c1-28-26(34)24-13-19-17-4-2-3-5-20(17)32-23(19)15-33(24)27(35)18-8-11-36-25(18)14-31-16-6-7-21-22(12-16)30-10-9-29-21/h2-12,24,31-32H,13-15H2,1H3,(H,28,34). The molecule has 6 rings (SSSR count). The van der Waals surface area contributed by atoms with Crippen LogP contribution in [0.4, 0.5) is 5.69 Å². The van der Waals surface area contributed by atoms with Crippen molar-refractivity contribution in [2.24, 2.45) is 0 Å². The van der Waals surface area contributed by atoms with E-state index in [1.807, 2.05) is 42.5 Å². The number of amides is 2. The molecule has 5 aromatic rings. The molecule has 3 N–H and O–H groups in total. The van der Waals surface area contributed by atoms with E-state index >= 15 is 0 Å². The molecule has 0 bridgehead atoms. The maximum absolute atomic E-state index is 13.7. The molecule has 0 fully saturated rings. The third kappa shape index (κ3) is 3.74. The van der Waals surface area contributed by atoms with Gasteiger partial charge in [-0.3, -0.25) is 19.6 Å². The number of H-pyrrole nitrogens is 1. The highest BCUT2D eigenvalue weighted by Crippen LogP contribution is 2.32. The molecule has 0 radical (unpaired) electrons. The Hall–Kier alpha value is -4.66. The van der Waals surface area contributed by atoms with Gasteiger partial charge in [-0.1, -0.05) is 18.2 Å². The van der Waals surface area contributed by atoms with E-state index in [9.17, 15) is 9.59 Å². The molecule has 0 spiro atoms. The van der Waals surface area contributed by atoms with E-state index in [-0.39, 0.29) is 11.8 Å². The van der Waals surface area contributed by atoms with Crippen LogP contribution < -0.4 is 10.6 Å². The Morgan fingerprint density at radius 1 is 1.11 bits per heavy atom. The normalized spacial score (nSPS) is 15.1. The Balaban J connectivity index is 1.27. The third-order valence-corrected chi connectivity index (χ3v) is 6.71. The number of benzene rings is 2. The number of carbonyl (C=O) groups excluding carboxylic acids is 2. The van der Waals surface area contributed by atoms with Gasteiger partial charge in [-0.2, -0.15) is 0 Å². The molecular formula is C27H24N6O3. The number of hydrogen-bond donors (Lipinski definition) is 3. The van der Waals surface area contributed by atoms with Crippen LogP contribution in [-0.2, 0) is 24.3 Å². The minimum Gasteiger partial charge on any atom is -0.467 e. The summed E-state index contributed by atoms with van der Waals surface area (Å²) >= 11 is 0. The van der Waals surface area contributed by atoms with Crippen LogP contribution in [0.15, 0.2) is 71.6 Å². The van der Waals surface area contributed by atoms with Crippen molar-refractivity contribution >= 4 is 39.4 Å². The molecule has 1 atom stereocenters. The summed E-state index contributed by atoms with van der Waals surface area (Å²) in [7, 11) is 1.59. The summed E-state index contributed by atoms with van der Waals surface area (Å²) in [5, 5.41) is 7.11. The van der Waals surface area contributed by atoms with Gasteiger partial charge in [-0.05, 0) is 35.9 Å². The monoisotopic (exact) mass is 480 g/mol. The van der Waals surface area contributed by atoms with Crippen molar-refractivity contribution in [1.29, 1.82) is 0 Å². The zero-order valence-corrected chi connectivity index (χ0v) is 19.6. The number of anilines is 1. The van der Waals surface area contributed by atoms with Crippen LogP contribution in [0.25, 0.3) is 21.9 Å². The van der Waals surface area contributed by atoms with Crippen LogP contribution in [0.1, 0.15) is 27.4 Å². The molecule has 0 aliphatic carbocycles. The van der Waals surface area contributed by atoms with Crippen LogP contribution in [-0.4, -0.2) is 44.8 Å². The summed E-state index contributed by atoms with van der Waals surface area (Å²) in [6, 6.07) is 14.7. The molecule has 0 saturated carbocycles. The van der Waals surface area contributed by atoms with Gasteiger partial charge in [0.25, 0.3) is 5.91 Å². The molecule has 9 nitrogen and oxygen atoms in total. The van der Waals surface area contributed by atoms with E-state index in [4.69, 9.17) is 4.42 Å². The fourth-order valence-corrected chi connectivity index (χ4v) is 4.90. The van der Waals surface area contributed by atoms with Crippen LogP contribution in [0.2, 0.25) is 0 Å². The summed E-state index contributed by atoms with van der Waals surface area (Å²) in [6.45, 7) is 0.609. The van der Waals surface area contributed by atoms with E-state index in [0.29, 0.717) is 30.8 Å². The second-order valence-electron chi connectivity index (χ2n) is 8.77. The molecule has 2 aromatic carbocycles. The lowest BCUT2D eigenvalue weighted by molar-refractivity contribution is -0.125. The summed E-state index contributed by atoms with van der Waals surface area (Å²) in [5.74, 6) is 0.0555. The van der Waals surface area contributed by atoms with Crippen LogP contribution in [0.3, 0.4) is 0 Å². The SMILES string of the molecule is CNC(=O)C1Cc2c([nH]c3ccccc23)CN1C(=O)c1ccoc1CNc1ccc2nccnc2c1. The largest absolute Gasteiger partial charge is 0.467 e. The number of nitrogens with one attached hydrogen (secondary N) is 3. The molecule has 1 unspecified atom stereocenters. The number of aromatic amines is 1. The minimum atomic E-state index is -0.621. The number of rotatable bonds is 5. The molecule has 1 aliphatic rings. The smallest absolute Gasteiger partial charge is 0.258 e. The van der Waals surface area contributed by atoms with Crippen molar-refractivity contribution in [2.75, 3.05) is 12.4 Å². The van der Waals surface area contributed by atoms with Gasteiger partial charge in [0, 0.05) is 48.1 Å². The van der Waals surface area contributed by atoms with Gasteiger partial charge < -0.3 is 24.9 Å². The molecule has 9 heteroatoms. The van der Waals surface area contributed by atoms with Crippen molar-refractivity contribution in [3.63, 3.8) is 0 Å². The fraction of sp³-hybridized carbons (Fsp3) is 0.185. The molecule has 180 valence electrons. The lowest BCUT2D eigenvalue weighted by atomic mass is 9.95. The van der Waals surface area contributed by atoms with E-state index in [2.05, 4.69) is 25.6 Å². The molecule has 2 amide bonds. The van der Waals surface area contributed by atoms with Crippen LogP contribution >= 0.6 is 0 Å². The highest BCUT2D eigenvalue weighted by atomic mass is 16.3. The predicted octanol–water partition coefficient (Wildman–Crippen LogP) is 3.63. The quantitative estimate of drug-likeness (QED) is 0.354. The Morgan fingerprint density at radius 2 is 1.94 bits per heavy atom. The van der Waals surface area contributed by atoms with Crippen molar-refractivity contribution in [2.45, 2.75) is 25.6 Å². The summed E-state index contributed by atoms with van der Waals surface area (Å²) < 4.78 is 5.68. The van der Waals surface area contributed by atoms with E-state index < -0.39 is 6.04 Å². The summed E-state index contributed by atoms with van der Waals surface area (Å²) in [4.78, 5) is 40.3. The maximum atomic E-state index is 13.7. The van der Waals surface area contributed by atoms with Gasteiger partial charge in [-0.25, -0.2) is 0 Å². The highest BCUT2D eigenvalue weighted by molar-refractivity contribution is 5.99. The number of aromatic nitrogens is 3. The van der Waals surface area contributed by atoms with Gasteiger partial charge in [-0.15, -0.1) is 0 Å². The first-order valence-electron chi connectivity index (χ1n) is 11.7. The predicted molar refractivity (Wildman–Crippen MR) is 135 cm³/mol. The zero-order valence-electron chi connectivity index (χ0n) is 19.6. The Kier molecular flexibility index (Phi) is 5.37. The number of likely N-dealkylation sites (N-methyl/N-ethyl adjacent to an activating group) is 1. The average molecular weight is 481 g/mol.